The Bertz CT molecular complexity index is 2220. The van der Waals surface area contributed by atoms with E-state index in [1.54, 1.807) is 0 Å². The van der Waals surface area contributed by atoms with Crippen LogP contribution in [0, 0.1) is 11.5 Å². The van der Waals surface area contributed by atoms with Crippen LogP contribution in [0.5, 0.6) is 5.75 Å². The van der Waals surface area contributed by atoms with Gasteiger partial charge in [-0.05, 0) is 238 Å². The number of benzene rings is 2. The maximum Gasteiger partial charge on any atom is 0.292 e. The molecule has 10 rings (SSSR count). The van der Waals surface area contributed by atoms with Crippen molar-refractivity contribution in [3.63, 3.8) is 0 Å². The second-order valence-electron chi connectivity index (χ2n) is 20.4. The fourth-order valence-electron chi connectivity index (χ4n) is 12.7. The van der Waals surface area contributed by atoms with Crippen LogP contribution in [0.1, 0.15) is 135 Å². The number of nitrogens with zero attached hydrogens (tertiary/aromatic N) is 5. The number of hydrogen-bond acceptors (Lipinski definition) is 11. The number of sulfone groups is 1. The Morgan fingerprint density at radius 2 is 1.02 bits per heavy atom. The van der Waals surface area contributed by atoms with Crippen LogP contribution in [0.3, 0.4) is 0 Å². The average molecular weight is 948 g/mol. The van der Waals surface area contributed by atoms with Gasteiger partial charge >= 0.3 is 0 Å². The van der Waals surface area contributed by atoms with Crippen LogP contribution in [0.2, 0.25) is 0 Å². The number of ether oxygens (including phenoxy) is 1. The monoisotopic (exact) mass is 948 g/mol. The van der Waals surface area contributed by atoms with Crippen molar-refractivity contribution in [1.82, 2.24) is 19.6 Å². The number of amides is 1. The molecule has 0 aromatic heterocycles. The number of sulfonamides is 1. The number of likely N-dealkylation sites (tertiary alicyclic amines) is 4. The largest absolute Gasteiger partial charge is 0.387 e. The minimum Gasteiger partial charge on any atom is -0.387 e. The minimum atomic E-state index is -3.44. The third-order valence-electron chi connectivity index (χ3n) is 16.6. The van der Waals surface area contributed by atoms with Gasteiger partial charge in [0.25, 0.3) is 6.26 Å². The number of nitrogens with one attached hydrogen (secondary N) is 1. The first kappa shape index (κ1) is 49.3. The molecule has 13 nitrogen and oxygen atoms in total. The van der Waals surface area contributed by atoms with E-state index < -0.39 is 19.9 Å². The number of hydrogen-bond donors (Lipinski definition) is 2. The number of rotatable bonds is 10. The predicted molar refractivity (Wildman–Crippen MR) is 262 cm³/mol. The summed E-state index contributed by atoms with van der Waals surface area (Å²) in [7, 11) is -6.77. The van der Waals surface area contributed by atoms with Gasteiger partial charge < -0.3 is 29.7 Å². The van der Waals surface area contributed by atoms with Crippen LogP contribution in [0.25, 0.3) is 0 Å². The molecule has 364 valence electrons. The summed E-state index contributed by atoms with van der Waals surface area (Å²) in [5.74, 6) is 0.170. The van der Waals surface area contributed by atoms with E-state index in [1.165, 1.54) is 96.1 Å². The highest BCUT2D eigenvalue weighted by molar-refractivity contribution is 7.92. The SMILES string of the molecule is CCN1CCC(N2CCC(S(=O)(=O)CC(=O)Nc3c4c(cc5c3CCC5)CCC4)CC2)CC1.CCN1CCC(N2CCC(S(N)(=O)=O)CC2)CC1.N#COc1c2c(cc3c1CCC3)CCC2. The summed E-state index contributed by atoms with van der Waals surface area (Å²) in [4.78, 5) is 22.9. The Morgan fingerprint density at radius 1 is 0.621 bits per heavy atom. The molecule has 4 aliphatic carbocycles. The molecule has 4 fully saturated rings. The summed E-state index contributed by atoms with van der Waals surface area (Å²) in [6, 6.07) is 5.91. The Labute approximate surface area is 396 Å². The lowest BCUT2D eigenvalue weighted by atomic mass is 9.98. The lowest BCUT2D eigenvalue weighted by molar-refractivity contribution is -0.113. The van der Waals surface area contributed by atoms with Crippen molar-refractivity contribution in [3.05, 3.63) is 56.6 Å². The lowest BCUT2D eigenvalue weighted by Gasteiger charge is -2.41. The molecule has 15 heteroatoms. The maximum atomic E-state index is 13.1. The van der Waals surface area contributed by atoms with E-state index in [1.807, 2.05) is 6.26 Å². The minimum absolute atomic E-state index is 0.315. The van der Waals surface area contributed by atoms with E-state index in [0.717, 1.165) is 128 Å². The smallest absolute Gasteiger partial charge is 0.292 e. The van der Waals surface area contributed by atoms with Gasteiger partial charge in [0, 0.05) is 17.8 Å². The molecule has 8 aliphatic rings. The third-order valence-corrected chi connectivity index (χ3v) is 20.2. The summed E-state index contributed by atoms with van der Waals surface area (Å²) in [5.41, 5.74) is 11.6. The molecule has 0 saturated carbocycles. The van der Waals surface area contributed by atoms with Crippen LogP contribution >= 0.6 is 0 Å². The zero-order valence-electron chi connectivity index (χ0n) is 40.0. The molecular formula is C51H77N7O6S2. The van der Waals surface area contributed by atoms with Gasteiger partial charge in [-0.3, -0.25) is 4.79 Å². The lowest BCUT2D eigenvalue weighted by Crippen LogP contribution is -2.49. The van der Waals surface area contributed by atoms with Gasteiger partial charge in [-0.2, -0.15) is 0 Å². The zero-order chi connectivity index (χ0) is 46.4. The number of aryl methyl sites for hydroxylation is 4. The van der Waals surface area contributed by atoms with Crippen molar-refractivity contribution in [2.75, 3.05) is 76.5 Å². The van der Waals surface area contributed by atoms with Gasteiger partial charge in [-0.1, -0.05) is 26.0 Å². The maximum absolute atomic E-state index is 13.1. The van der Waals surface area contributed by atoms with Gasteiger partial charge in [0.2, 0.25) is 15.9 Å². The predicted octanol–water partition coefficient (Wildman–Crippen LogP) is 5.71. The average Bonchev–Trinajstić information content (AvgIpc) is 4.18. The third kappa shape index (κ3) is 11.7. The topological polar surface area (TPSA) is 169 Å². The first-order valence-electron chi connectivity index (χ1n) is 25.7. The number of anilines is 1. The molecule has 66 heavy (non-hydrogen) atoms. The summed E-state index contributed by atoms with van der Waals surface area (Å²) in [6.45, 7) is 14.8. The summed E-state index contributed by atoms with van der Waals surface area (Å²) >= 11 is 0. The van der Waals surface area contributed by atoms with Crippen molar-refractivity contribution >= 4 is 31.5 Å². The molecule has 2 aromatic carbocycles. The van der Waals surface area contributed by atoms with Crippen LogP contribution in [0.15, 0.2) is 12.1 Å². The van der Waals surface area contributed by atoms with Crippen LogP contribution in [-0.2, 0) is 76.0 Å². The molecular weight excluding hydrogens is 871 g/mol. The molecule has 4 saturated heterocycles. The number of fused-ring (bicyclic) bond motifs is 4. The first-order chi connectivity index (χ1) is 31.8. The second kappa shape index (κ2) is 22.1. The fraction of sp³-hybridized carbons (Fsp3) is 0.725. The van der Waals surface area contributed by atoms with Crippen LogP contribution in [0.4, 0.5) is 5.69 Å². The molecule has 0 unspecified atom stereocenters. The van der Waals surface area contributed by atoms with E-state index in [9.17, 15) is 21.6 Å². The molecule has 0 bridgehead atoms. The van der Waals surface area contributed by atoms with Crippen molar-refractivity contribution in [3.8, 4) is 12.0 Å². The standard InChI is InChI=1S/C26H39N3O3S.C13H13NO.C12H25N3O2S/c1-2-28-13-9-21(10-14-28)29-15-11-22(12-16-29)33(31,32)18-25(30)27-26-23-7-3-5-19(23)17-20-6-4-8-24(20)26;14-8-15-13-11-5-1-3-9(11)7-10-4-2-6-12(10)13;1-2-14-7-3-11(4-8-14)15-9-5-12(6-10-15)18(13,16)17/h17,21-22H,2-16,18H2,1H3,(H,27,30);7H,1-6H2;11-12H,2-10H2,1H3,(H2,13,16,17). The van der Waals surface area contributed by atoms with Crippen molar-refractivity contribution in [2.45, 2.75) is 165 Å². The molecule has 1 amide bonds. The van der Waals surface area contributed by atoms with E-state index in [-0.39, 0.29) is 22.2 Å². The molecule has 4 aliphatic heterocycles. The van der Waals surface area contributed by atoms with E-state index >= 15 is 0 Å². The number of nitriles is 1. The molecule has 2 aromatic rings. The second-order valence-corrected chi connectivity index (χ2v) is 24.5. The van der Waals surface area contributed by atoms with Gasteiger partial charge in [0.05, 0.1) is 10.5 Å². The number of carbonyl (C=O) groups excluding carboxylic acids is 1. The van der Waals surface area contributed by atoms with Gasteiger partial charge in [-0.15, -0.1) is 5.26 Å². The summed E-state index contributed by atoms with van der Waals surface area (Å²) in [5, 5.41) is 16.3. The van der Waals surface area contributed by atoms with E-state index in [4.69, 9.17) is 15.1 Å². The van der Waals surface area contributed by atoms with Gasteiger partial charge in [-0.25, -0.2) is 22.0 Å². The molecule has 0 atom stereocenters. The van der Waals surface area contributed by atoms with Gasteiger partial charge in [0.15, 0.2) is 9.84 Å². The highest BCUT2D eigenvalue weighted by atomic mass is 32.2. The van der Waals surface area contributed by atoms with Crippen molar-refractivity contribution in [2.24, 2.45) is 5.14 Å². The molecule has 0 radical (unpaired) electrons. The van der Waals surface area contributed by atoms with Crippen LogP contribution in [-0.4, -0.2) is 136 Å². The number of primary sulfonamides is 1. The Hall–Kier alpha value is -3.10. The highest BCUT2D eigenvalue weighted by Gasteiger charge is 2.36. The summed E-state index contributed by atoms with van der Waals surface area (Å²) < 4.78 is 54.1. The number of carbonyl (C=O) groups is 1. The zero-order valence-corrected chi connectivity index (χ0v) is 41.6. The van der Waals surface area contributed by atoms with Crippen molar-refractivity contribution in [1.29, 1.82) is 5.26 Å². The van der Waals surface area contributed by atoms with Gasteiger partial charge in [0.1, 0.15) is 11.5 Å². The van der Waals surface area contributed by atoms with Crippen LogP contribution < -0.4 is 15.2 Å². The Morgan fingerprint density at radius 3 is 1.41 bits per heavy atom. The molecule has 3 N–H and O–H groups in total. The van der Waals surface area contributed by atoms with E-state index in [0.29, 0.717) is 37.8 Å². The number of nitrogens with two attached hydrogens (primary N) is 1. The van der Waals surface area contributed by atoms with E-state index in [2.05, 4.69) is 50.9 Å². The molecule has 4 heterocycles. The highest BCUT2D eigenvalue weighted by Crippen LogP contribution is 2.41. The summed E-state index contributed by atoms with van der Waals surface area (Å²) in [6.07, 6.45) is 22.6. The quantitative estimate of drug-likeness (QED) is 0.280. The Balaban J connectivity index is 0.000000150. The molecule has 0 spiro atoms. The van der Waals surface area contributed by atoms with Crippen molar-refractivity contribution < 1.29 is 26.4 Å². The fourth-order valence-corrected chi connectivity index (χ4v) is 15.2. The Kier molecular flexibility index (Phi) is 16.5. The first-order valence-corrected chi connectivity index (χ1v) is 29.0. The normalized spacial score (nSPS) is 22.6. The number of piperidine rings is 4.